The fourth-order valence-corrected chi connectivity index (χ4v) is 2.68. The highest BCUT2D eigenvalue weighted by atomic mass is 32.2. The molecule has 0 aliphatic carbocycles. The van der Waals surface area contributed by atoms with Gasteiger partial charge in [-0.2, -0.15) is 0 Å². The van der Waals surface area contributed by atoms with Gasteiger partial charge in [-0.3, -0.25) is 9.59 Å². The van der Waals surface area contributed by atoms with Crippen molar-refractivity contribution in [1.29, 1.82) is 0 Å². The Labute approximate surface area is 124 Å². The number of benzene rings is 1. The van der Waals surface area contributed by atoms with Crippen LogP contribution in [-0.4, -0.2) is 28.0 Å². The zero-order valence-electron chi connectivity index (χ0n) is 12.1. The van der Waals surface area contributed by atoms with Crippen LogP contribution in [0.2, 0.25) is 0 Å². The molecule has 0 bridgehead atoms. The van der Waals surface area contributed by atoms with E-state index in [9.17, 15) is 9.59 Å². The van der Waals surface area contributed by atoms with E-state index in [2.05, 4.69) is 12.2 Å². The summed E-state index contributed by atoms with van der Waals surface area (Å²) in [6, 6.07) is 5.96. The average molecular weight is 295 g/mol. The van der Waals surface area contributed by atoms with Crippen LogP contribution in [0, 0.1) is 6.92 Å². The monoisotopic (exact) mass is 295 g/mol. The first-order valence-electron chi connectivity index (χ1n) is 6.68. The number of carbonyl (C=O) groups is 2. The lowest BCUT2D eigenvalue weighted by molar-refractivity contribution is -0.136. The lowest BCUT2D eigenvalue weighted by Crippen LogP contribution is -2.24. The van der Waals surface area contributed by atoms with E-state index >= 15 is 0 Å². The zero-order chi connectivity index (χ0) is 15.1. The van der Waals surface area contributed by atoms with Crippen molar-refractivity contribution in [1.82, 2.24) is 0 Å². The molecule has 1 unspecified atom stereocenters. The number of hydrogen-bond acceptors (Lipinski definition) is 3. The first-order valence-corrected chi connectivity index (χ1v) is 7.73. The number of anilines is 1. The normalized spacial score (nSPS) is 11.9. The van der Waals surface area contributed by atoms with E-state index in [1.165, 1.54) is 11.8 Å². The number of rotatable bonds is 7. The van der Waals surface area contributed by atoms with Gasteiger partial charge < -0.3 is 10.4 Å². The molecule has 1 rings (SSSR count). The number of carbonyl (C=O) groups excluding carboxylic acids is 1. The molecule has 0 saturated heterocycles. The van der Waals surface area contributed by atoms with E-state index in [-0.39, 0.29) is 17.6 Å². The molecule has 0 aliphatic rings. The maximum absolute atomic E-state index is 12.1. The highest BCUT2D eigenvalue weighted by molar-refractivity contribution is 8.00. The maximum Gasteiger partial charge on any atom is 0.304 e. The van der Waals surface area contributed by atoms with Crippen LogP contribution in [0.4, 0.5) is 5.69 Å². The summed E-state index contributed by atoms with van der Waals surface area (Å²) in [6.45, 7) is 5.82. The number of nitrogens with one attached hydrogen (secondary N) is 1. The lowest BCUT2D eigenvalue weighted by atomic mass is 10.1. The van der Waals surface area contributed by atoms with E-state index in [1.807, 2.05) is 25.1 Å². The molecule has 2 N–H and O–H groups in total. The van der Waals surface area contributed by atoms with Crippen LogP contribution in [-0.2, 0) is 16.0 Å². The minimum absolute atomic E-state index is 0.0763. The van der Waals surface area contributed by atoms with Gasteiger partial charge in [0.2, 0.25) is 5.91 Å². The molecule has 0 fully saturated rings. The van der Waals surface area contributed by atoms with Gasteiger partial charge in [-0.1, -0.05) is 25.1 Å². The van der Waals surface area contributed by atoms with Crippen molar-refractivity contribution < 1.29 is 14.7 Å². The van der Waals surface area contributed by atoms with Gasteiger partial charge in [0, 0.05) is 11.4 Å². The summed E-state index contributed by atoms with van der Waals surface area (Å²) in [4.78, 5) is 22.6. The van der Waals surface area contributed by atoms with Gasteiger partial charge in [-0.25, -0.2) is 0 Å². The number of carboxylic acid groups (broad SMARTS) is 1. The topological polar surface area (TPSA) is 66.4 Å². The third-order valence-electron chi connectivity index (χ3n) is 3.04. The molecule has 1 aromatic carbocycles. The quantitative estimate of drug-likeness (QED) is 0.811. The van der Waals surface area contributed by atoms with E-state index in [1.54, 1.807) is 6.92 Å². The minimum atomic E-state index is -0.836. The summed E-state index contributed by atoms with van der Waals surface area (Å²) >= 11 is 1.36. The number of carboxylic acids is 1. The third kappa shape index (κ3) is 4.89. The largest absolute Gasteiger partial charge is 0.481 e. The average Bonchev–Trinajstić information content (AvgIpc) is 2.40. The molecule has 0 aliphatic heterocycles. The van der Waals surface area contributed by atoms with Crippen LogP contribution in [0.3, 0.4) is 0 Å². The number of hydrogen-bond donors (Lipinski definition) is 2. The van der Waals surface area contributed by atoms with E-state index in [0.29, 0.717) is 5.75 Å². The summed E-state index contributed by atoms with van der Waals surface area (Å²) < 4.78 is 0. The Morgan fingerprint density at radius 2 is 2.10 bits per heavy atom. The van der Waals surface area contributed by atoms with Crippen molar-refractivity contribution in [2.24, 2.45) is 0 Å². The number of para-hydroxylation sites is 1. The molecule has 1 aromatic rings. The molecule has 0 spiro atoms. The number of aliphatic carboxylic acids is 1. The van der Waals surface area contributed by atoms with Crippen LogP contribution in [0.15, 0.2) is 18.2 Å². The minimum Gasteiger partial charge on any atom is -0.481 e. The van der Waals surface area contributed by atoms with Crippen molar-refractivity contribution in [3.05, 3.63) is 29.3 Å². The molecular formula is C15H21NO3S. The van der Waals surface area contributed by atoms with Gasteiger partial charge in [-0.15, -0.1) is 11.8 Å². The second-order valence-electron chi connectivity index (χ2n) is 4.61. The molecule has 0 radical (unpaired) electrons. The van der Waals surface area contributed by atoms with Gasteiger partial charge in [0.25, 0.3) is 0 Å². The number of amides is 1. The van der Waals surface area contributed by atoms with Gasteiger partial charge >= 0.3 is 5.97 Å². The fourth-order valence-electron chi connectivity index (χ4n) is 1.83. The van der Waals surface area contributed by atoms with Crippen molar-refractivity contribution in [3.8, 4) is 0 Å². The summed E-state index contributed by atoms with van der Waals surface area (Å²) in [5.41, 5.74) is 3.03. The molecule has 110 valence electrons. The van der Waals surface area contributed by atoms with Gasteiger partial charge in [0.15, 0.2) is 0 Å². The Kier molecular flexibility index (Phi) is 6.58. The van der Waals surface area contributed by atoms with Gasteiger partial charge in [0.1, 0.15) is 0 Å². The summed E-state index contributed by atoms with van der Waals surface area (Å²) in [5, 5.41) is 11.3. The molecule has 5 heteroatoms. The summed E-state index contributed by atoms with van der Waals surface area (Å²) in [6.07, 6.45) is 0.935. The molecule has 0 aromatic heterocycles. The highest BCUT2D eigenvalue weighted by Crippen LogP contribution is 2.22. The fraction of sp³-hybridized carbons (Fsp3) is 0.467. The molecule has 1 amide bonds. The maximum atomic E-state index is 12.1. The smallest absolute Gasteiger partial charge is 0.304 e. The second-order valence-corrected chi connectivity index (χ2v) is 6.06. The first kappa shape index (κ1) is 16.6. The standard InChI is InChI=1S/C15H21NO3S/c1-4-12-7-5-6-10(2)14(12)16-15(19)11(3)20-9-8-13(17)18/h5-7,11H,4,8-9H2,1-3H3,(H,16,19)(H,17,18). The van der Waals surface area contributed by atoms with Gasteiger partial charge in [-0.05, 0) is 31.4 Å². The lowest BCUT2D eigenvalue weighted by Gasteiger charge is -2.16. The number of aryl methyl sites for hydroxylation is 2. The molecule has 0 heterocycles. The van der Waals surface area contributed by atoms with E-state index < -0.39 is 5.97 Å². The van der Waals surface area contributed by atoms with Crippen LogP contribution in [0.5, 0.6) is 0 Å². The predicted molar refractivity (Wildman–Crippen MR) is 83.4 cm³/mol. The molecule has 20 heavy (non-hydrogen) atoms. The summed E-state index contributed by atoms with van der Waals surface area (Å²) in [5.74, 6) is -0.472. The molecule has 1 atom stereocenters. The zero-order valence-corrected chi connectivity index (χ0v) is 12.9. The van der Waals surface area contributed by atoms with Crippen molar-refractivity contribution in [3.63, 3.8) is 0 Å². The van der Waals surface area contributed by atoms with Crippen LogP contribution in [0.25, 0.3) is 0 Å². The predicted octanol–water partition coefficient (Wildman–Crippen LogP) is 3.09. The molecule has 4 nitrogen and oxygen atoms in total. The van der Waals surface area contributed by atoms with Crippen molar-refractivity contribution in [2.75, 3.05) is 11.1 Å². The van der Waals surface area contributed by atoms with E-state index in [0.717, 1.165) is 23.2 Å². The molecular weight excluding hydrogens is 274 g/mol. The highest BCUT2D eigenvalue weighted by Gasteiger charge is 2.16. The van der Waals surface area contributed by atoms with Crippen molar-refractivity contribution in [2.45, 2.75) is 38.9 Å². The van der Waals surface area contributed by atoms with Crippen molar-refractivity contribution >= 4 is 29.3 Å². The molecule has 0 saturated carbocycles. The van der Waals surface area contributed by atoms with Gasteiger partial charge in [0.05, 0.1) is 11.7 Å². The Balaban J connectivity index is 2.64. The Morgan fingerprint density at radius 3 is 2.70 bits per heavy atom. The Morgan fingerprint density at radius 1 is 1.40 bits per heavy atom. The number of thioether (sulfide) groups is 1. The Bertz CT molecular complexity index is 488. The SMILES string of the molecule is CCc1cccc(C)c1NC(=O)C(C)SCCC(=O)O. The van der Waals surface area contributed by atoms with Crippen LogP contribution in [0.1, 0.15) is 31.4 Å². The second kappa shape index (κ2) is 7.94. The first-order chi connectivity index (χ1) is 9.45. The summed E-state index contributed by atoms with van der Waals surface area (Å²) in [7, 11) is 0. The van der Waals surface area contributed by atoms with Crippen LogP contribution >= 0.6 is 11.8 Å². The third-order valence-corrected chi connectivity index (χ3v) is 4.20. The Hall–Kier alpha value is -1.49. The van der Waals surface area contributed by atoms with Crippen LogP contribution < -0.4 is 5.32 Å². The van der Waals surface area contributed by atoms with E-state index in [4.69, 9.17) is 5.11 Å².